The van der Waals surface area contributed by atoms with Gasteiger partial charge in [0.2, 0.25) is 0 Å². The highest BCUT2D eigenvalue weighted by Crippen LogP contribution is 2.12. The largest absolute Gasteiger partial charge is 0.401 e. The van der Waals surface area contributed by atoms with Crippen molar-refractivity contribution in [3.05, 3.63) is 0 Å². The number of hydrogen-bond acceptors (Lipinski definition) is 2. The van der Waals surface area contributed by atoms with Gasteiger partial charge in [-0.25, -0.2) is 0 Å². The Labute approximate surface area is 82.8 Å². The van der Waals surface area contributed by atoms with Crippen molar-refractivity contribution in [2.45, 2.75) is 26.4 Å². The predicted molar refractivity (Wildman–Crippen MR) is 49.2 cm³/mol. The van der Waals surface area contributed by atoms with Gasteiger partial charge in [-0.05, 0) is 25.8 Å². The summed E-state index contributed by atoms with van der Waals surface area (Å²) in [6.45, 7) is 4.54. The molecule has 14 heavy (non-hydrogen) atoms. The Morgan fingerprint density at radius 1 is 1.36 bits per heavy atom. The maximum Gasteiger partial charge on any atom is 0.401 e. The van der Waals surface area contributed by atoms with Crippen LogP contribution in [0.3, 0.4) is 0 Å². The van der Waals surface area contributed by atoms with Crippen LogP contribution < -0.4 is 5.32 Å². The minimum Gasteiger partial charge on any atom is -0.382 e. The van der Waals surface area contributed by atoms with Crippen LogP contribution in [0.1, 0.15) is 20.3 Å². The monoisotopic (exact) mass is 213 g/mol. The fourth-order valence-electron chi connectivity index (χ4n) is 0.991. The molecular formula is C9H18F3NO. The molecule has 0 saturated heterocycles. The first-order valence-corrected chi connectivity index (χ1v) is 4.81. The fraction of sp³-hybridized carbons (Fsp3) is 1.00. The molecular weight excluding hydrogens is 195 g/mol. The van der Waals surface area contributed by atoms with Crippen LogP contribution in [-0.2, 0) is 4.74 Å². The quantitative estimate of drug-likeness (QED) is 0.655. The lowest BCUT2D eigenvalue weighted by atomic mass is 10.1. The van der Waals surface area contributed by atoms with E-state index in [4.69, 9.17) is 4.74 Å². The number of hydrogen-bond donors (Lipinski definition) is 1. The molecule has 0 amide bonds. The summed E-state index contributed by atoms with van der Waals surface area (Å²) < 4.78 is 40.3. The molecule has 86 valence electrons. The van der Waals surface area contributed by atoms with Gasteiger partial charge in [-0.15, -0.1) is 0 Å². The molecule has 1 atom stereocenters. The van der Waals surface area contributed by atoms with E-state index in [1.54, 1.807) is 0 Å². The topological polar surface area (TPSA) is 21.3 Å². The van der Waals surface area contributed by atoms with Crippen molar-refractivity contribution >= 4 is 0 Å². The third-order valence-electron chi connectivity index (χ3n) is 1.78. The van der Waals surface area contributed by atoms with Gasteiger partial charge in [-0.2, -0.15) is 13.2 Å². The highest BCUT2D eigenvalue weighted by atomic mass is 19.4. The third kappa shape index (κ3) is 9.80. The highest BCUT2D eigenvalue weighted by molar-refractivity contribution is 4.60. The van der Waals surface area contributed by atoms with E-state index in [9.17, 15) is 13.2 Å². The first-order chi connectivity index (χ1) is 6.45. The molecule has 0 aromatic rings. The Hall–Kier alpha value is -0.290. The Morgan fingerprint density at radius 2 is 2.00 bits per heavy atom. The number of halogens is 3. The smallest absolute Gasteiger partial charge is 0.382 e. The minimum atomic E-state index is -4.11. The van der Waals surface area contributed by atoms with E-state index < -0.39 is 12.7 Å². The van der Waals surface area contributed by atoms with E-state index in [2.05, 4.69) is 5.32 Å². The fourth-order valence-corrected chi connectivity index (χ4v) is 0.991. The summed E-state index contributed by atoms with van der Waals surface area (Å²) in [6, 6.07) is 0. The SMILES string of the molecule is CCOCCC(C)CNCC(F)(F)F. The molecule has 1 N–H and O–H groups in total. The lowest BCUT2D eigenvalue weighted by Gasteiger charge is -2.13. The zero-order valence-corrected chi connectivity index (χ0v) is 8.66. The molecule has 5 heteroatoms. The first-order valence-electron chi connectivity index (χ1n) is 4.81. The van der Waals surface area contributed by atoms with Crippen LogP contribution >= 0.6 is 0 Å². The molecule has 0 fully saturated rings. The Kier molecular flexibility index (Phi) is 6.92. The molecule has 0 rings (SSSR count). The molecule has 0 aliphatic heterocycles. The van der Waals surface area contributed by atoms with Crippen molar-refractivity contribution in [3.8, 4) is 0 Å². The molecule has 1 unspecified atom stereocenters. The molecule has 0 aromatic carbocycles. The maximum absolute atomic E-state index is 11.7. The second-order valence-corrected chi connectivity index (χ2v) is 3.34. The van der Waals surface area contributed by atoms with Crippen molar-refractivity contribution in [2.24, 2.45) is 5.92 Å². The van der Waals surface area contributed by atoms with Gasteiger partial charge in [0, 0.05) is 13.2 Å². The normalized spacial score (nSPS) is 14.4. The molecule has 0 saturated carbocycles. The van der Waals surface area contributed by atoms with Crippen LogP contribution in [0.15, 0.2) is 0 Å². The van der Waals surface area contributed by atoms with Crippen LogP contribution in [0, 0.1) is 5.92 Å². The summed E-state index contributed by atoms with van der Waals surface area (Å²) in [5.41, 5.74) is 0. The zero-order chi connectivity index (χ0) is 11.0. The van der Waals surface area contributed by atoms with Crippen molar-refractivity contribution in [1.82, 2.24) is 5.32 Å². The molecule has 0 spiro atoms. The molecule has 0 radical (unpaired) electrons. The summed E-state index contributed by atoms with van der Waals surface area (Å²) in [4.78, 5) is 0. The first kappa shape index (κ1) is 13.7. The molecule has 0 aliphatic rings. The summed E-state index contributed by atoms with van der Waals surface area (Å²) in [5.74, 6) is 0.212. The van der Waals surface area contributed by atoms with Crippen molar-refractivity contribution in [2.75, 3.05) is 26.3 Å². The van der Waals surface area contributed by atoms with E-state index in [1.807, 2.05) is 13.8 Å². The average Bonchev–Trinajstić information content (AvgIpc) is 2.02. The highest BCUT2D eigenvalue weighted by Gasteiger charge is 2.26. The third-order valence-corrected chi connectivity index (χ3v) is 1.78. The van der Waals surface area contributed by atoms with Gasteiger partial charge in [0.15, 0.2) is 0 Å². The standard InChI is InChI=1S/C9H18F3NO/c1-3-14-5-4-8(2)6-13-7-9(10,11)12/h8,13H,3-7H2,1-2H3. The van der Waals surface area contributed by atoms with Gasteiger partial charge in [0.1, 0.15) is 0 Å². The van der Waals surface area contributed by atoms with Crippen LogP contribution in [-0.4, -0.2) is 32.5 Å². The Morgan fingerprint density at radius 3 is 2.50 bits per heavy atom. The van der Waals surface area contributed by atoms with Gasteiger partial charge in [0.05, 0.1) is 6.54 Å². The summed E-state index contributed by atoms with van der Waals surface area (Å²) in [6.07, 6.45) is -3.32. The molecule has 0 aliphatic carbocycles. The molecule has 2 nitrogen and oxygen atoms in total. The van der Waals surface area contributed by atoms with E-state index in [0.717, 1.165) is 6.42 Å². The average molecular weight is 213 g/mol. The zero-order valence-electron chi connectivity index (χ0n) is 8.66. The van der Waals surface area contributed by atoms with E-state index in [0.29, 0.717) is 19.8 Å². The van der Waals surface area contributed by atoms with Gasteiger partial charge in [-0.3, -0.25) is 0 Å². The molecule has 0 bridgehead atoms. The molecule has 0 heterocycles. The van der Waals surface area contributed by atoms with Crippen LogP contribution in [0.5, 0.6) is 0 Å². The van der Waals surface area contributed by atoms with E-state index in [-0.39, 0.29) is 5.92 Å². The second-order valence-electron chi connectivity index (χ2n) is 3.34. The number of nitrogens with one attached hydrogen (secondary N) is 1. The van der Waals surface area contributed by atoms with Gasteiger partial charge < -0.3 is 10.1 Å². The van der Waals surface area contributed by atoms with Gasteiger partial charge in [0.25, 0.3) is 0 Å². The Bertz CT molecular complexity index is 139. The summed E-state index contributed by atoms with van der Waals surface area (Å²) in [5, 5.41) is 2.37. The minimum absolute atomic E-state index is 0.212. The number of ether oxygens (including phenoxy) is 1. The lowest BCUT2D eigenvalue weighted by Crippen LogP contribution is -2.32. The van der Waals surface area contributed by atoms with Gasteiger partial charge >= 0.3 is 6.18 Å². The van der Waals surface area contributed by atoms with Crippen molar-refractivity contribution in [3.63, 3.8) is 0 Å². The van der Waals surface area contributed by atoms with Crippen LogP contribution in [0.2, 0.25) is 0 Å². The van der Waals surface area contributed by atoms with Gasteiger partial charge in [-0.1, -0.05) is 6.92 Å². The van der Waals surface area contributed by atoms with Crippen LogP contribution in [0.4, 0.5) is 13.2 Å². The summed E-state index contributed by atoms with van der Waals surface area (Å²) in [7, 11) is 0. The van der Waals surface area contributed by atoms with Crippen molar-refractivity contribution < 1.29 is 17.9 Å². The molecule has 0 aromatic heterocycles. The predicted octanol–water partition coefficient (Wildman–Crippen LogP) is 2.20. The van der Waals surface area contributed by atoms with Crippen molar-refractivity contribution in [1.29, 1.82) is 0 Å². The second kappa shape index (κ2) is 7.06. The van der Waals surface area contributed by atoms with E-state index in [1.165, 1.54) is 0 Å². The maximum atomic E-state index is 11.7. The lowest BCUT2D eigenvalue weighted by molar-refractivity contribution is -0.125. The number of alkyl halides is 3. The Balaban J connectivity index is 3.31. The van der Waals surface area contributed by atoms with Crippen LogP contribution in [0.25, 0.3) is 0 Å². The summed E-state index contributed by atoms with van der Waals surface area (Å²) >= 11 is 0. The van der Waals surface area contributed by atoms with E-state index >= 15 is 0 Å². The number of rotatable bonds is 7.